The molecule has 0 rings (SSSR count). The quantitative estimate of drug-likeness (QED) is 0.516. The maximum atomic E-state index is 5.01. The van der Waals surface area contributed by atoms with Gasteiger partial charge in [0.2, 0.25) is 0 Å². The molecule has 1 atom stereocenters. The summed E-state index contributed by atoms with van der Waals surface area (Å²) in [5.41, 5.74) is 0. The van der Waals surface area contributed by atoms with Gasteiger partial charge in [0.25, 0.3) is 0 Å². The van der Waals surface area contributed by atoms with Crippen molar-refractivity contribution in [1.82, 2.24) is 0 Å². The lowest BCUT2D eigenvalue weighted by molar-refractivity contribution is 0.178. The van der Waals surface area contributed by atoms with Crippen LogP contribution in [0.4, 0.5) is 0 Å². The lowest BCUT2D eigenvalue weighted by Crippen LogP contribution is -1.99. The number of hydrogen-bond acceptors (Lipinski definition) is 1. The summed E-state index contributed by atoms with van der Waals surface area (Å²) in [5.74, 6) is 0.829. The molecule has 0 amide bonds. The Bertz CT molecular complexity index is 71.3. The number of rotatable bonds is 7. The SMILES string of the molecule is C[CH]CCC[C@H](C)CCOC. The molecule has 0 spiro atoms. The third-order valence-corrected chi connectivity index (χ3v) is 2.00. The van der Waals surface area contributed by atoms with Gasteiger partial charge in [0, 0.05) is 13.7 Å². The second-order valence-corrected chi connectivity index (χ2v) is 3.23. The molecule has 0 N–H and O–H groups in total. The molecular weight excluding hydrogens is 136 g/mol. The van der Waals surface area contributed by atoms with Gasteiger partial charge in [0.15, 0.2) is 0 Å². The van der Waals surface area contributed by atoms with E-state index in [1.165, 1.54) is 25.7 Å². The Morgan fingerprint density at radius 3 is 2.64 bits per heavy atom. The van der Waals surface area contributed by atoms with E-state index < -0.39 is 0 Å². The fourth-order valence-electron chi connectivity index (χ4n) is 1.13. The molecule has 0 bridgehead atoms. The van der Waals surface area contributed by atoms with Gasteiger partial charge < -0.3 is 4.74 Å². The minimum absolute atomic E-state index is 0.829. The summed E-state index contributed by atoms with van der Waals surface area (Å²) in [4.78, 5) is 0. The Kier molecular flexibility index (Phi) is 8.03. The molecular formula is C10H21O. The van der Waals surface area contributed by atoms with Gasteiger partial charge in [-0.05, 0) is 18.8 Å². The zero-order valence-electron chi connectivity index (χ0n) is 8.10. The molecule has 1 nitrogen and oxygen atoms in total. The van der Waals surface area contributed by atoms with Crippen molar-refractivity contribution in [3.8, 4) is 0 Å². The topological polar surface area (TPSA) is 9.23 Å². The molecule has 0 aromatic rings. The lowest BCUT2D eigenvalue weighted by Gasteiger charge is -2.09. The monoisotopic (exact) mass is 157 g/mol. The molecule has 11 heavy (non-hydrogen) atoms. The highest BCUT2D eigenvalue weighted by Crippen LogP contribution is 2.12. The third-order valence-electron chi connectivity index (χ3n) is 2.00. The van der Waals surface area contributed by atoms with Gasteiger partial charge in [0.05, 0.1) is 0 Å². The highest BCUT2D eigenvalue weighted by Gasteiger charge is 2.00. The Morgan fingerprint density at radius 2 is 2.09 bits per heavy atom. The van der Waals surface area contributed by atoms with Gasteiger partial charge in [-0.2, -0.15) is 0 Å². The maximum absolute atomic E-state index is 5.01. The van der Waals surface area contributed by atoms with Crippen molar-refractivity contribution < 1.29 is 4.74 Å². The maximum Gasteiger partial charge on any atom is 0.0464 e. The van der Waals surface area contributed by atoms with Gasteiger partial charge >= 0.3 is 0 Å². The number of unbranched alkanes of at least 4 members (excludes halogenated alkanes) is 2. The van der Waals surface area contributed by atoms with E-state index >= 15 is 0 Å². The molecule has 0 aliphatic carbocycles. The van der Waals surface area contributed by atoms with E-state index in [2.05, 4.69) is 20.3 Å². The summed E-state index contributed by atoms with van der Waals surface area (Å²) in [5, 5.41) is 0. The van der Waals surface area contributed by atoms with E-state index in [4.69, 9.17) is 4.74 Å². The molecule has 0 aromatic carbocycles. The van der Waals surface area contributed by atoms with Crippen molar-refractivity contribution >= 4 is 0 Å². The molecule has 0 fully saturated rings. The first-order valence-corrected chi connectivity index (χ1v) is 4.58. The second-order valence-electron chi connectivity index (χ2n) is 3.23. The van der Waals surface area contributed by atoms with Crippen molar-refractivity contribution in [2.45, 2.75) is 39.5 Å². The van der Waals surface area contributed by atoms with Crippen molar-refractivity contribution in [3.63, 3.8) is 0 Å². The third kappa shape index (κ3) is 7.86. The Balaban J connectivity index is 3.02. The number of ether oxygens (including phenoxy) is 1. The summed E-state index contributed by atoms with van der Waals surface area (Å²) >= 11 is 0. The Labute approximate surface area is 71.1 Å². The molecule has 0 unspecified atom stereocenters. The van der Waals surface area contributed by atoms with Gasteiger partial charge in [-0.3, -0.25) is 0 Å². The predicted molar refractivity (Wildman–Crippen MR) is 49.5 cm³/mol. The molecule has 0 aliphatic rings. The largest absolute Gasteiger partial charge is 0.385 e. The molecule has 0 saturated carbocycles. The first-order valence-electron chi connectivity index (χ1n) is 4.58. The normalized spacial score (nSPS) is 13.4. The second kappa shape index (κ2) is 8.06. The van der Waals surface area contributed by atoms with Gasteiger partial charge in [-0.15, -0.1) is 0 Å². The van der Waals surface area contributed by atoms with Crippen LogP contribution in [-0.2, 0) is 4.74 Å². The van der Waals surface area contributed by atoms with E-state index in [9.17, 15) is 0 Å². The molecule has 0 heterocycles. The molecule has 1 heteroatoms. The van der Waals surface area contributed by atoms with Gasteiger partial charge in [-0.25, -0.2) is 0 Å². The Hall–Kier alpha value is -0.0400. The van der Waals surface area contributed by atoms with Gasteiger partial charge in [-0.1, -0.05) is 33.1 Å². The molecule has 1 radical (unpaired) electrons. The van der Waals surface area contributed by atoms with Gasteiger partial charge in [0.1, 0.15) is 0 Å². The van der Waals surface area contributed by atoms with Crippen LogP contribution in [0.3, 0.4) is 0 Å². The number of methoxy groups -OCH3 is 1. The van der Waals surface area contributed by atoms with Crippen LogP contribution in [0.5, 0.6) is 0 Å². The number of hydrogen-bond donors (Lipinski definition) is 0. The summed E-state index contributed by atoms with van der Waals surface area (Å²) in [6, 6.07) is 0. The minimum atomic E-state index is 0.829. The highest BCUT2D eigenvalue weighted by molar-refractivity contribution is 4.59. The average molecular weight is 157 g/mol. The molecule has 67 valence electrons. The summed E-state index contributed by atoms with van der Waals surface area (Å²) in [7, 11) is 1.77. The van der Waals surface area contributed by atoms with Crippen LogP contribution in [0.1, 0.15) is 39.5 Å². The summed E-state index contributed by atoms with van der Waals surface area (Å²) < 4.78 is 5.01. The van der Waals surface area contributed by atoms with Crippen LogP contribution in [-0.4, -0.2) is 13.7 Å². The van der Waals surface area contributed by atoms with Crippen LogP contribution in [0.2, 0.25) is 0 Å². The minimum Gasteiger partial charge on any atom is -0.385 e. The lowest BCUT2D eigenvalue weighted by atomic mass is 10.0. The zero-order valence-corrected chi connectivity index (χ0v) is 8.10. The van der Waals surface area contributed by atoms with E-state index in [1.807, 2.05) is 0 Å². The summed E-state index contributed by atoms with van der Waals surface area (Å²) in [6.45, 7) is 5.34. The standard InChI is InChI=1S/C10H21O/c1-4-5-6-7-10(2)8-9-11-3/h4,10H,5-9H2,1-3H3/t10-/m0/s1. The van der Waals surface area contributed by atoms with E-state index in [0.29, 0.717) is 0 Å². The van der Waals surface area contributed by atoms with Crippen molar-refractivity contribution in [1.29, 1.82) is 0 Å². The molecule has 0 saturated heterocycles. The predicted octanol–water partition coefficient (Wildman–Crippen LogP) is 3.05. The van der Waals surface area contributed by atoms with Crippen LogP contribution in [0, 0.1) is 12.3 Å². The van der Waals surface area contributed by atoms with Crippen LogP contribution >= 0.6 is 0 Å². The molecule has 0 aromatic heterocycles. The smallest absolute Gasteiger partial charge is 0.0464 e. The van der Waals surface area contributed by atoms with E-state index in [-0.39, 0.29) is 0 Å². The van der Waals surface area contributed by atoms with Crippen molar-refractivity contribution in [3.05, 3.63) is 6.42 Å². The molecule has 0 aliphatic heterocycles. The van der Waals surface area contributed by atoms with Crippen molar-refractivity contribution in [2.24, 2.45) is 5.92 Å². The fraction of sp³-hybridized carbons (Fsp3) is 0.900. The first kappa shape index (κ1) is 11.0. The van der Waals surface area contributed by atoms with Crippen LogP contribution in [0.25, 0.3) is 0 Å². The van der Waals surface area contributed by atoms with E-state index in [1.54, 1.807) is 7.11 Å². The van der Waals surface area contributed by atoms with Crippen molar-refractivity contribution in [2.75, 3.05) is 13.7 Å². The highest BCUT2D eigenvalue weighted by atomic mass is 16.5. The summed E-state index contributed by atoms with van der Waals surface area (Å²) in [6.07, 6.45) is 7.38. The van der Waals surface area contributed by atoms with E-state index in [0.717, 1.165) is 12.5 Å². The fourth-order valence-corrected chi connectivity index (χ4v) is 1.13. The van der Waals surface area contributed by atoms with Crippen LogP contribution in [0.15, 0.2) is 0 Å². The average Bonchev–Trinajstić information content (AvgIpc) is 2.01. The Morgan fingerprint density at radius 1 is 1.36 bits per heavy atom. The zero-order chi connectivity index (χ0) is 8.53. The van der Waals surface area contributed by atoms with Crippen LogP contribution < -0.4 is 0 Å². The first-order chi connectivity index (χ1) is 5.31.